The standard InChI is InChI=1S/C15H17F2N3O.C8H13NO2/c16-15(17,8-11-4-2-1-3-5-11)9-12(19)13(21)20-14(10-18)6-7-14;10-7(11)9-5-3-8(1-2-8)4-6-9/h1-5,12H,6-9,19H2,(H,20,21);1-6H2,(H,10,11)/t12-;/m0./s1. The summed E-state index contributed by atoms with van der Waals surface area (Å²) < 4.78 is 27.9. The Labute approximate surface area is 186 Å². The van der Waals surface area contributed by atoms with E-state index in [-0.39, 0.29) is 0 Å². The van der Waals surface area contributed by atoms with E-state index in [9.17, 15) is 18.4 Å². The lowest BCUT2D eigenvalue weighted by molar-refractivity contribution is -0.125. The molecule has 1 spiro atoms. The Bertz CT molecular complexity index is 854. The molecule has 2 aliphatic carbocycles. The normalized spacial score (nSPS) is 20.9. The van der Waals surface area contributed by atoms with E-state index in [0.29, 0.717) is 23.8 Å². The number of benzene rings is 1. The number of likely N-dealkylation sites (tertiary alicyclic amines) is 1. The fourth-order valence-corrected chi connectivity index (χ4v) is 3.95. The Kier molecular flexibility index (Phi) is 7.03. The average molecular weight is 449 g/mol. The Hall–Kier alpha value is -2.73. The summed E-state index contributed by atoms with van der Waals surface area (Å²) in [6.45, 7) is 1.52. The van der Waals surface area contributed by atoms with Crippen LogP contribution in [0.5, 0.6) is 0 Å². The van der Waals surface area contributed by atoms with Gasteiger partial charge in [0.15, 0.2) is 0 Å². The minimum atomic E-state index is -3.07. The summed E-state index contributed by atoms with van der Waals surface area (Å²) in [6, 6.07) is 8.96. The van der Waals surface area contributed by atoms with Crippen molar-refractivity contribution in [1.82, 2.24) is 10.2 Å². The molecule has 0 unspecified atom stereocenters. The lowest BCUT2D eigenvalue weighted by atomic mass is 9.94. The number of nitrogens with zero attached hydrogens (tertiary/aromatic N) is 2. The summed E-state index contributed by atoms with van der Waals surface area (Å²) in [4.78, 5) is 23.8. The lowest BCUT2D eigenvalue weighted by Gasteiger charge is -2.29. The molecule has 2 saturated carbocycles. The molecule has 1 saturated heterocycles. The number of amides is 2. The van der Waals surface area contributed by atoms with Crippen LogP contribution in [0.15, 0.2) is 30.3 Å². The molecule has 7 nitrogen and oxygen atoms in total. The van der Waals surface area contributed by atoms with Gasteiger partial charge in [-0.2, -0.15) is 5.26 Å². The highest BCUT2D eigenvalue weighted by Crippen LogP contribution is 2.53. The van der Waals surface area contributed by atoms with Gasteiger partial charge in [0.1, 0.15) is 5.54 Å². The molecule has 4 rings (SSSR count). The van der Waals surface area contributed by atoms with E-state index in [1.165, 1.54) is 17.7 Å². The molecule has 0 bridgehead atoms. The second kappa shape index (κ2) is 9.41. The van der Waals surface area contributed by atoms with E-state index in [2.05, 4.69) is 5.32 Å². The van der Waals surface area contributed by atoms with Crippen LogP contribution >= 0.6 is 0 Å². The molecule has 32 heavy (non-hydrogen) atoms. The van der Waals surface area contributed by atoms with Gasteiger partial charge in [0.25, 0.3) is 5.92 Å². The Morgan fingerprint density at radius 1 is 1.16 bits per heavy atom. The molecular weight excluding hydrogens is 418 g/mol. The number of rotatable bonds is 6. The molecule has 0 aromatic heterocycles. The van der Waals surface area contributed by atoms with Gasteiger partial charge < -0.3 is 21.1 Å². The first-order valence-corrected chi connectivity index (χ1v) is 11.0. The Morgan fingerprint density at radius 3 is 2.22 bits per heavy atom. The van der Waals surface area contributed by atoms with Gasteiger partial charge in [-0.25, -0.2) is 13.6 Å². The van der Waals surface area contributed by atoms with Gasteiger partial charge in [0.2, 0.25) is 5.91 Å². The zero-order chi connectivity index (χ0) is 23.4. The number of carboxylic acid groups (broad SMARTS) is 1. The maximum absolute atomic E-state index is 13.9. The van der Waals surface area contributed by atoms with Gasteiger partial charge in [0, 0.05) is 25.9 Å². The number of carbonyl (C=O) groups is 2. The van der Waals surface area contributed by atoms with Crippen LogP contribution in [0.1, 0.15) is 50.5 Å². The highest BCUT2D eigenvalue weighted by atomic mass is 19.3. The second-order valence-electron chi connectivity index (χ2n) is 9.28. The van der Waals surface area contributed by atoms with Crippen molar-refractivity contribution in [2.75, 3.05) is 13.1 Å². The number of carbonyl (C=O) groups excluding carboxylic acids is 1. The molecule has 0 radical (unpaired) electrons. The highest BCUT2D eigenvalue weighted by molar-refractivity contribution is 5.83. The quantitative estimate of drug-likeness (QED) is 0.617. The SMILES string of the molecule is N#CC1(NC(=O)[C@@H](N)CC(F)(F)Cc2ccccc2)CC1.O=C(O)N1CCC2(CC1)CC2. The third kappa shape index (κ3) is 6.63. The molecular formula is C23H30F2N4O3. The van der Waals surface area contributed by atoms with Crippen LogP contribution in [0, 0.1) is 16.7 Å². The van der Waals surface area contributed by atoms with Gasteiger partial charge >= 0.3 is 6.09 Å². The van der Waals surface area contributed by atoms with Crippen molar-refractivity contribution < 1.29 is 23.5 Å². The zero-order valence-corrected chi connectivity index (χ0v) is 18.0. The minimum Gasteiger partial charge on any atom is -0.465 e. The van der Waals surface area contributed by atoms with Crippen molar-refractivity contribution in [2.45, 2.75) is 68.9 Å². The molecule has 3 aliphatic rings. The zero-order valence-electron chi connectivity index (χ0n) is 18.0. The highest BCUT2D eigenvalue weighted by Gasteiger charge is 2.46. The minimum absolute atomic E-state index is 0.460. The van der Waals surface area contributed by atoms with Crippen molar-refractivity contribution in [3.63, 3.8) is 0 Å². The van der Waals surface area contributed by atoms with Crippen molar-refractivity contribution >= 4 is 12.0 Å². The van der Waals surface area contributed by atoms with E-state index in [1.54, 1.807) is 30.3 Å². The summed E-state index contributed by atoms with van der Waals surface area (Å²) in [5.74, 6) is -3.76. The summed E-state index contributed by atoms with van der Waals surface area (Å²) in [6.07, 6.45) is 4.00. The van der Waals surface area contributed by atoms with E-state index >= 15 is 0 Å². The molecule has 1 aromatic carbocycles. The third-order valence-electron chi connectivity index (χ3n) is 6.54. The third-order valence-corrected chi connectivity index (χ3v) is 6.54. The predicted octanol–water partition coefficient (Wildman–Crippen LogP) is 3.29. The number of hydrogen-bond donors (Lipinski definition) is 3. The average Bonchev–Trinajstić information content (AvgIpc) is 3.67. The van der Waals surface area contributed by atoms with Crippen LogP contribution in [0.4, 0.5) is 13.6 Å². The van der Waals surface area contributed by atoms with Crippen LogP contribution in [-0.2, 0) is 11.2 Å². The molecule has 1 aliphatic heterocycles. The summed E-state index contributed by atoms with van der Waals surface area (Å²) >= 11 is 0. The van der Waals surface area contributed by atoms with Gasteiger partial charge in [-0.3, -0.25) is 4.79 Å². The molecule has 1 heterocycles. The lowest BCUT2D eigenvalue weighted by Crippen LogP contribution is -2.48. The van der Waals surface area contributed by atoms with Crippen LogP contribution in [0.25, 0.3) is 0 Å². The van der Waals surface area contributed by atoms with E-state index < -0.39 is 42.3 Å². The van der Waals surface area contributed by atoms with Crippen molar-refractivity contribution in [3.8, 4) is 6.07 Å². The van der Waals surface area contributed by atoms with Gasteiger partial charge in [-0.05, 0) is 49.5 Å². The van der Waals surface area contributed by atoms with Crippen LogP contribution < -0.4 is 11.1 Å². The molecule has 9 heteroatoms. The maximum Gasteiger partial charge on any atom is 0.407 e. The smallest absolute Gasteiger partial charge is 0.407 e. The fourth-order valence-electron chi connectivity index (χ4n) is 3.95. The number of nitrogens with two attached hydrogens (primary N) is 1. The van der Waals surface area contributed by atoms with Crippen LogP contribution in [0.2, 0.25) is 0 Å². The fraction of sp³-hybridized carbons (Fsp3) is 0.609. The summed E-state index contributed by atoms with van der Waals surface area (Å²) in [5.41, 5.74) is 5.74. The molecule has 174 valence electrons. The van der Waals surface area contributed by atoms with Crippen molar-refractivity contribution in [2.24, 2.45) is 11.1 Å². The molecule has 3 fully saturated rings. The van der Waals surface area contributed by atoms with Crippen molar-refractivity contribution in [1.29, 1.82) is 5.26 Å². The maximum atomic E-state index is 13.9. The first kappa shape index (κ1) is 23.9. The molecule has 2 amide bonds. The van der Waals surface area contributed by atoms with Crippen LogP contribution in [0.3, 0.4) is 0 Å². The Morgan fingerprint density at radius 2 is 1.75 bits per heavy atom. The number of halogens is 2. The number of alkyl halides is 2. The number of piperidine rings is 1. The first-order valence-electron chi connectivity index (χ1n) is 11.0. The summed E-state index contributed by atoms with van der Waals surface area (Å²) in [7, 11) is 0. The second-order valence-corrected chi connectivity index (χ2v) is 9.28. The van der Waals surface area contributed by atoms with Gasteiger partial charge in [-0.15, -0.1) is 0 Å². The largest absolute Gasteiger partial charge is 0.465 e. The summed E-state index contributed by atoms with van der Waals surface area (Å²) in [5, 5.41) is 20.0. The van der Waals surface area contributed by atoms with Crippen LogP contribution in [-0.4, -0.2) is 52.6 Å². The van der Waals surface area contributed by atoms with Gasteiger partial charge in [-0.1, -0.05) is 30.3 Å². The number of nitrogens with one attached hydrogen (secondary N) is 1. The van der Waals surface area contributed by atoms with E-state index in [4.69, 9.17) is 16.1 Å². The monoisotopic (exact) mass is 448 g/mol. The number of hydrogen-bond acceptors (Lipinski definition) is 4. The Balaban J connectivity index is 0.000000219. The van der Waals surface area contributed by atoms with Crippen molar-refractivity contribution in [3.05, 3.63) is 35.9 Å². The molecule has 1 atom stereocenters. The van der Waals surface area contributed by atoms with E-state index in [1.807, 2.05) is 6.07 Å². The predicted molar refractivity (Wildman–Crippen MR) is 114 cm³/mol. The molecule has 1 aromatic rings. The van der Waals surface area contributed by atoms with Gasteiger partial charge in [0.05, 0.1) is 12.1 Å². The van der Waals surface area contributed by atoms with E-state index in [0.717, 1.165) is 25.9 Å². The first-order chi connectivity index (χ1) is 15.1. The molecule has 4 N–H and O–H groups in total. The topological polar surface area (TPSA) is 119 Å². The number of nitriles is 1.